The molecule has 2 N–H and O–H groups in total. The summed E-state index contributed by atoms with van der Waals surface area (Å²) in [5.41, 5.74) is -0.222. The fraction of sp³-hybridized carbons (Fsp3) is 0.235. The van der Waals surface area contributed by atoms with Crippen molar-refractivity contribution in [3.8, 4) is 0 Å². The standard InChI is InChI=1S/C17H18N2O5S/c1-3-7-13-11(2)14(17(21)22)15(16(20)18-13)19-25(23,24)10-12-8-5-4-6-9-12/h4-6,8-9,19H,2-3,7,10H2,1H3,(H,21,22). The summed E-state index contributed by atoms with van der Waals surface area (Å²) in [5, 5.41) is 9.41. The Hall–Kier alpha value is -2.74. The molecule has 1 aromatic rings. The number of carboxylic acid groups (broad SMARTS) is 1. The second kappa shape index (κ2) is 7.43. The van der Waals surface area contributed by atoms with Crippen molar-refractivity contribution in [1.29, 1.82) is 0 Å². The molecule has 1 amide bonds. The monoisotopic (exact) mass is 362 g/mol. The number of amides is 1. The summed E-state index contributed by atoms with van der Waals surface area (Å²) in [7, 11) is -3.99. The Morgan fingerprint density at radius 2 is 1.92 bits per heavy atom. The summed E-state index contributed by atoms with van der Waals surface area (Å²) in [5.74, 6) is -2.75. The zero-order valence-electron chi connectivity index (χ0n) is 13.7. The number of nitrogens with zero attached hydrogens (tertiary/aromatic N) is 1. The van der Waals surface area contributed by atoms with Crippen molar-refractivity contribution in [3.05, 3.63) is 59.3 Å². The molecule has 2 rings (SSSR count). The normalized spacial score (nSPS) is 15.2. The van der Waals surface area contributed by atoms with Gasteiger partial charge in [0, 0.05) is 5.57 Å². The first-order valence-corrected chi connectivity index (χ1v) is 9.24. The molecule has 0 fully saturated rings. The van der Waals surface area contributed by atoms with Crippen LogP contribution in [0.5, 0.6) is 0 Å². The van der Waals surface area contributed by atoms with Crippen molar-refractivity contribution in [3.63, 3.8) is 0 Å². The maximum absolute atomic E-state index is 12.3. The van der Waals surface area contributed by atoms with E-state index in [-0.39, 0.29) is 11.3 Å². The molecule has 0 unspecified atom stereocenters. The molecule has 1 aromatic carbocycles. The fourth-order valence-electron chi connectivity index (χ4n) is 2.41. The van der Waals surface area contributed by atoms with Gasteiger partial charge < -0.3 is 5.11 Å². The average molecular weight is 362 g/mol. The van der Waals surface area contributed by atoms with Crippen molar-refractivity contribution in [1.82, 2.24) is 4.72 Å². The number of aliphatic imine (C=N–C) groups is 1. The third kappa shape index (κ3) is 4.42. The maximum Gasteiger partial charge on any atom is 0.338 e. The molecular weight excluding hydrogens is 344 g/mol. The summed E-state index contributed by atoms with van der Waals surface area (Å²) in [6, 6.07) is 8.34. The lowest BCUT2D eigenvalue weighted by atomic mass is 9.95. The molecule has 0 bridgehead atoms. The minimum Gasteiger partial charge on any atom is -0.478 e. The van der Waals surface area contributed by atoms with Crippen molar-refractivity contribution in [2.45, 2.75) is 25.5 Å². The summed E-state index contributed by atoms with van der Waals surface area (Å²) >= 11 is 0. The van der Waals surface area contributed by atoms with Gasteiger partial charge in [0.2, 0.25) is 10.0 Å². The van der Waals surface area contributed by atoms with Crippen LogP contribution in [0.4, 0.5) is 0 Å². The lowest BCUT2D eigenvalue weighted by Gasteiger charge is -2.19. The minimum absolute atomic E-state index is 0.0476. The highest BCUT2D eigenvalue weighted by atomic mass is 32.2. The molecule has 0 spiro atoms. The zero-order valence-corrected chi connectivity index (χ0v) is 14.5. The van der Waals surface area contributed by atoms with E-state index in [4.69, 9.17) is 0 Å². The van der Waals surface area contributed by atoms with Gasteiger partial charge in [0.1, 0.15) is 5.70 Å². The molecule has 0 atom stereocenters. The van der Waals surface area contributed by atoms with E-state index in [0.29, 0.717) is 18.4 Å². The number of carbonyl (C=O) groups excluding carboxylic acids is 1. The van der Waals surface area contributed by atoms with E-state index in [1.54, 1.807) is 30.3 Å². The molecule has 1 aliphatic rings. The largest absolute Gasteiger partial charge is 0.478 e. The van der Waals surface area contributed by atoms with Gasteiger partial charge in [-0.05, 0) is 12.0 Å². The van der Waals surface area contributed by atoms with Crippen molar-refractivity contribution < 1.29 is 23.1 Å². The predicted molar refractivity (Wildman–Crippen MR) is 93.4 cm³/mol. The van der Waals surface area contributed by atoms with Crippen LogP contribution in [0.3, 0.4) is 0 Å². The van der Waals surface area contributed by atoms with E-state index in [1.807, 2.05) is 6.92 Å². The minimum atomic E-state index is -3.99. The van der Waals surface area contributed by atoms with Crippen LogP contribution in [-0.2, 0) is 25.4 Å². The van der Waals surface area contributed by atoms with Crippen LogP contribution in [0.1, 0.15) is 25.3 Å². The quantitative estimate of drug-likeness (QED) is 0.768. The van der Waals surface area contributed by atoms with Gasteiger partial charge in [0.25, 0.3) is 5.91 Å². The molecule has 0 aliphatic carbocycles. The van der Waals surface area contributed by atoms with E-state index in [0.717, 1.165) is 0 Å². The van der Waals surface area contributed by atoms with Gasteiger partial charge in [-0.2, -0.15) is 0 Å². The fourth-order valence-corrected chi connectivity index (χ4v) is 3.61. The zero-order chi connectivity index (χ0) is 18.6. The van der Waals surface area contributed by atoms with Crippen molar-refractivity contribution in [2.75, 3.05) is 0 Å². The Bertz CT molecular complexity index is 883. The summed E-state index contributed by atoms with van der Waals surface area (Å²) < 4.78 is 26.7. The Morgan fingerprint density at radius 1 is 1.28 bits per heavy atom. The molecule has 132 valence electrons. The Kier molecular flexibility index (Phi) is 5.53. The molecule has 0 radical (unpaired) electrons. The van der Waals surface area contributed by atoms with Crippen molar-refractivity contribution in [2.24, 2.45) is 4.99 Å². The number of aliphatic carboxylic acids is 1. The number of hydrogen-bond acceptors (Lipinski definition) is 4. The van der Waals surface area contributed by atoms with Gasteiger partial charge in [-0.25, -0.2) is 18.2 Å². The van der Waals surface area contributed by atoms with Crippen LogP contribution in [0, 0.1) is 0 Å². The van der Waals surface area contributed by atoms with Gasteiger partial charge in [0.05, 0.1) is 17.0 Å². The molecule has 7 nitrogen and oxygen atoms in total. The summed E-state index contributed by atoms with van der Waals surface area (Å²) in [6.07, 6.45) is 1.03. The lowest BCUT2D eigenvalue weighted by molar-refractivity contribution is -0.132. The molecule has 1 aliphatic heterocycles. The van der Waals surface area contributed by atoms with Gasteiger partial charge in [-0.15, -0.1) is 0 Å². The van der Waals surface area contributed by atoms with Crippen LogP contribution in [0.2, 0.25) is 0 Å². The summed E-state index contributed by atoms with van der Waals surface area (Å²) in [6.45, 7) is 5.51. The highest BCUT2D eigenvalue weighted by molar-refractivity contribution is 7.88. The van der Waals surface area contributed by atoms with E-state index in [1.165, 1.54) is 0 Å². The van der Waals surface area contributed by atoms with Gasteiger partial charge in [-0.1, -0.05) is 50.3 Å². The Balaban J connectivity index is 2.36. The number of carboxylic acids is 1. The van der Waals surface area contributed by atoms with Crippen LogP contribution in [0.15, 0.2) is 58.7 Å². The highest BCUT2D eigenvalue weighted by Crippen LogP contribution is 2.23. The number of dihydropyridines is 1. The van der Waals surface area contributed by atoms with Crippen LogP contribution in [-0.4, -0.2) is 31.1 Å². The smallest absolute Gasteiger partial charge is 0.338 e. The number of carbonyl (C=O) groups is 2. The predicted octanol–water partition coefficient (Wildman–Crippen LogP) is 1.78. The Morgan fingerprint density at radius 3 is 2.48 bits per heavy atom. The number of benzene rings is 1. The topological polar surface area (TPSA) is 113 Å². The first-order chi connectivity index (χ1) is 11.7. The average Bonchev–Trinajstić information content (AvgIpc) is 2.52. The SMILES string of the molecule is C=C1C(CCC)=NC(=O)C(NS(=O)(=O)Cc2ccccc2)=C1C(=O)O. The number of sulfonamides is 1. The molecule has 8 heteroatoms. The van der Waals surface area contributed by atoms with Gasteiger partial charge >= 0.3 is 5.97 Å². The maximum atomic E-state index is 12.3. The van der Waals surface area contributed by atoms with E-state index >= 15 is 0 Å². The first kappa shape index (κ1) is 18.6. The van der Waals surface area contributed by atoms with Gasteiger partial charge in [0.15, 0.2) is 0 Å². The van der Waals surface area contributed by atoms with E-state index in [9.17, 15) is 23.1 Å². The molecular formula is C17H18N2O5S. The van der Waals surface area contributed by atoms with Gasteiger partial charge in [-0.3, -0.25) is 9.52 Å². The first-order valence-electron chi connectivity index (χ1n) is 7.58. The molecule has 1 heterocycles. The van der Waals surface area contributed by atoms with E-state index in [2.05, 4.69) is 16.3 Å². The number of rotatable bonds is 7. The Labute approximate surface area is 145 Å². The van der Waals surface area contributed by atoms with Crippen LogP contribution in [0.25, 0.3) is 0 Å². The molecule has 0 saturated heterocycles. The van der Waals surface area contributed by atoms with Crippen LogP contribution >= 0.6 is 0 Å². The lowest BCUT2D eigenvalue weighted by Crippen LogP contribution is -2.34. The van der Waals surface area contributed by atoms with Crippen molar-refractivity contribution >= 4 is 27.6 Å². The second-order valence-corrected chi connectivity index (χ2v) is 7.22. The molecule has 0 aromatic heterocycles. The molecule has 0 saturated carbocycles. The van der Waals surface area contributed by atoms with E-state index < -0.39 is 38.9 Å². The van der Waals surface area contributed by atoms with Crippen LogP contribution < -0.4 is 4.72 Å². The third-order valence-corrected chi connectivity index (χ3v) is 4.74. The second-order valence-electron chi connectivity index (χ2n) is 5.49. The molecule has 25 heavy (non-hydrogen) atoms. The third-order valence-electron chi connectivity index (χ3n) is 3.51. The highest BCUT2D eigenvalue weighted by Gasteiger charge is 2.32. The number of hydrogen-bond donors (Lipinski definition) is 2. The summed E-state index contributed by atoms with van der Waals surface area (Å²) in [4.78, 5) is 27.5. The number of nitrogens with one attached hydrogen (secondary N) is 1.